The van der Waals surface area contributed by atoms with E-state index in [2.05, 4.69) is 30.4 Å². The molecule has 178 valence electrons. The van der Waals surface area contributed by atoms with Crippen molar-refractivity contribution < 1.29 is 14.7 Å². The van der Waals surface area contributed by atoms with Crippen molar-refractivity contribution in [2.24, 2.45) is 0 Å². The zero-order chi connectivity index (χ0) is 25.0. The molecule has 2 atom stereocenters. The van der Waals surface area contributed by atoms with Crippen molar-refractivity contribution in [1.29, 1.82) is 0 Å². The van der Waals surface area contributed by atoms with Crippen LogP contribution in [0.1, 0.15) is 53.4 Å². The number of aryl methyl sites for hydroxylation is 2. The molecule has 0 aliphatic carbocycles. The van der Waals surface area contributed by atoms with Crippen LogP contribution in [-0.4, -0.2) is 35.0 Å². The lowest BCUT2D eigenvalue weighted by Crippen LogP contribution is -2.40. The maximum atomic E-state index is 12.8. The number of carboxylic acids is 1. The smallest absolute Gasteiger partial charge is 0.326 e. The van der Waals surface area contributed by atoms with Gasteiger partial charge in [0.2, 0.25) is 0 Å². The van der Waals surface area contributed by atoms with Gasteiger partial charge in [-0.15, -0.1) is 0 Å². The summed E-state index contributed by atoms with van der Waals surface area (Å²) in [6.45, 7) is 7.52. The van der Waals surface area contributed by atoms with Crippen LogP contribution in [0.4, 0.5) is 5.69 Å². The number of carbonyl (C=O) groups excluding carboxylic acids is 1. The van der Waals surface area contributed by atoms with Gasteiger partial charge in [0.25, 0.3) is 5.91 Å². The number of nitrogens with one attached hydrogen (secondary N) is 1. The maximum Gasteiger partial charge on any atom is 0.326 e. The summed E-state index contributed by atoms with van der Waals surface area (Å²) in [5, 5.41) is 13.6. The Morgan fingerprint density at radius 1 is 1.00 bits per heavy atom. The largest absolute Gasteiger partial charge is 0.480 e. The highest BCUT2D eigenvalue weighted by molar-refractivity contribution is 6.31. The van der Waals surface area contributed by atoms with Crippen LogP contribution in [0, 0.1) is 13.8 Å². The zero-order valence-corrected chi connectivity index (χ0v) is 21.0. The van der Waals surface area contributed by atoms with Crippen LogP contribution in [0.2, 0.25) is 5.02 Å². The Hall–Kier alpha value is -3.31. The second-order valence-electron chi connectivity index (χ2n) is 8.65. The average Bonchev–Trinajstić information content (AvgIpc) is 2.83. The summed E-state index contributed by atoms with van der Waals surface area (Å²) < 4.78 is 0. The molecule has 0 spiro atoms. The summed E-state index contributed by atoms with van der Waals surface area (Å²) in [6.07, 6.45) is 0.920. The zero-order valence-electron chi connectivity index (χ0n) is 20.2. The lowest BCUT2D eigenvalue weighted by atomic mass is 9.98. The first-order valence-electron chi connectivity index (χ1n) is 11.4. The van der Waals surface area contributed by atoms with Crippen LogP contribution in [0.25, 0.3) is 11.1 Å². The van der Waals surface area contributed by atoms with E-state index < -0.39 is 12.0 Å². The fourth-order valence-electron chi connectivity index (χ4n) is 3.91. The Kier molecular flexibility index (Phi) is 8.00. The Bertz CT molecular complexity index is 1210. The Labute approximate surface area is 206 Å². The molecule has 0 heterocycles. The van der Waals surface area contributed by atoms with Gasteiger partial charge in [-0.1, -0.05) is 54.9 Å². The SMILES string of the molecule is CCC(Nc1cccc(-c2ccc(C(=O)N(C)[C@@H](C)C(=O)O)c(C)c2)c1)c1ccc(Cl)c(C)c1. The van der Waals surface area contributed by atoms with E-state index in [0.29, 0.717) is 5.56 Å². The summed E-state index contributed by atoms with van der Waals surface area (Å²) in [5.41, 5.74) is 6.56. The molecule has 0 bridgehead atoms. The molecule has 3 rings (SSSR count). The normalized spacial score (nSPS) is 12.6. The molecule has 0 saturated heterocycles. The topological polar surface area (TPSA) is 69.6 Å². The molecule has 0 aromatic heterocycles. The molecular formula is C28H31ClN2O3. The minimum absolute atomic E-state index is 0.153. The molecule has 6 heteroatoms. The standard InChI is InChI=1S/C28H31ClN2O3/c1-6-26(22-11-13-25(29)18(3)15-22)30-23-9-7-8-20(16-23)21-10-12-24(17(2)14-21)27(32)31(5)19(4)28(33)34/h7-16,19,26,30H,6H2,1-5H3,(H,33,34)/t19-,26?/m0/s1. The molecule has 0 aliphatic heterocycles. The molecule has 5 nitrogen and oxygen atoms in total. The van der Waals surface area contributed by atoms with Gasteiger partial charge >= 0.3 is 5.97 Å². The number of carboxylic acid groups (broad SMARTS) is 1. The van der Waals surface area contributed by atoms with Gasteiger partial charge in [-0.3, -0.25) is 4.79 Å². The van der Waals surface area contributed by atoms with E-state index in [-0.39, 0.29) is 11.9 Å². The number of aliphatic carboxylic acids is 1. The fourth-order valence-corrected chi connectivity index (χ4v) is 4.03. The first-order chi connectivity index (χ1) is 16.1. The van der Waals surface area contributed by atoms with Crippen LogP contribution in [0.15, 0.2) is 60.7 Å². The van der Waals surface area contributed by atoms with Crippen molar-refractivity contribution in [1.82, 2.24) is 4.90 Å². The van der Waals surface area contributed by atoms with Gasteiger partial charge in [-0.2, -0.15) is 0 Å². The maximum absolute atomic E-state index is 12.8. The van der Waals surface area contributed by atoms with E-state index in [4.69, 9.17) is 11.6 Å². The van der Waals surface area contributed by atoms with Gasteiger partial charge in [-0.25, -0.2) is 4.79 Å². The third-order valence-corrected chi connectivity index (χ3v) is 6.67. The molecule has 1 amide bonds. The molecule has 0 radical (unpaired) electrons. The van der Waals surface area contributed by atoms with E-state index in [1.54, 1.807) is 6.07 Å². The lowest BCUT2D eigenvalue weighted by Gasteiger charge is -2.22. The Morgan fingerprint density at radius 3 is 2.32 bits per heavy atom. The van der Waals surface area contributed by atoms with E-state index in [0.717, 1.165) is 39.4 Å². The monoisotopic (exact) mass is 478 g/mol. The van der Waals surface area contributed by atoms with Crippen molar-refractivity contribution in [3.05, 3.63) is 87.9 Å². The van der Waals surface area contributed by atoms with Crippen molar-refractivity contribution in [2.75, 3.05) is 12.4 Å². The number of benzene rings is 3. The Balaban J connectivity index is 1.83. The summed E-state index contributed by atoms with van der Waals surface area (Å²) in [6, 6.07) is 19.2. The van der Waals surface area contributed by atoms with Gasteiger partial charge in [0.05, 0.1) is 6.04 Å². The van der Waals surface area contributed by atoms with E-state index >= 15 is 0 Å². The summed E-state index contributed by atoms with van der Waals surface area (Å²) in [4.78, 5) is 25.3. The van der Waals surface area contributed by atoms with Gasteiger partial charge < -0.3 is 15.3 Å². The summed E-state index contributed by atoms with van der Waals surface area (Å²) in [5.74, 6) is -1.34. The Morgan fingerprint density at radius 2 is 1.71 bits per heavy atom. The highest BCUT2D eigenvalue weighted by Crippen LogP contribution is 2.29. The lowest BCUT2D eigenvalue weighted by molar-refractivity contribution is -0.141. The third-order valence-electron chi connectivity index (χ3n) is 6.24. The number of amides is 1. The summed E-state index contributed by atoms with van der Waals surface area (Å²) in [7, 11) is 1.51. The van der Waals surface area contributed by atoms with Gasteiger partial charge in [0.15, 0.2) is 0 Å². The molecule has 3 aromatic rings. The molecule has 0 saturated carbocycles. The van der Waals surface area contributed by atoms with Crippen molar-refractivity contribution >= 4 is 29.2 Å². The third kappa shape index (κ3) is 5.60. The van der Waals surface area contributed by atoms with Crippen LogP contribution in [-0.2, 0) is 4.79 Å². The molecular weight excluding hydrogens is 448 g/mol. The molecule has 1 unspecified atom stereocenters. The number of nitrogens with zero attached hydrogens (tertiary/aromatic N) is 1. The van der Waals surface area contributed by atoms with Crippen LogP contribution >= 0.6 is 11.6 Å². The minimum atomic E-state index is -1.03. The van der Waals surface area contributed by atoms with Crippen LogP contribution in [0.3, 0.4) is 0 Å². The second-order valence-corrected chi connectivity index (χ2v) is 9.06. The number of anilines is 1. The van der Waals surface area contributed by atoms with Gasteiger partial charge in [-0.05, 0) is 79.3 Å². The average molecular weight is 479 g/mol. The number of likely N-dealkylation sites (N-methyl/N-ethyl adjacent to an activating group) is 1. The number of hydrogen-bond acceptors (Lipinski definition) is 3. The predicted octanol–water partition coefficient (Wildman–Crippen LogP) is 6.73. The molecule has 34 heavy (non-hydrogen) atoms. The number of rotatable bonds is 8. The predicted molar refractivity (Wildman–Crippen MR) is 139 cm³/mol. The summed E-state index contributed by atoms with van der Waals surface area (Å²) >= 11 is 6.20. The van der Waals surface area contributed by atoms with Gasteiger partial charge in [0, 0.05) is 23.3 Å². The first-order valence-corrected chi connectivity index (χ1v) is 11.7. The highest BCUT2D eigenvalue weighted by atomic mass is 35.5. The minimum Gasteiger partial charge on any atom is -0.480 e. The van der Waals surface area contributed by atoms with Crippen LogP contribution < -0.4 is 5.32 Å². The second kappa shape index (κ2) is 10.7. The molecule has 2 N–H and O–H groups in total. The molecule has 3 aromatic carbocycles. The molecule has 0 aliphatic rings. The first kappa shape index (κ1) is 25.3. The van der Waals surface area contributed by atoms with Crippen molar-refractivity contribution in [3.63, 3.8) is 0 Å². The molecule has 0 fully saturated rings. The van der Waals surface area contributed by atoms with E-state index in [9.17, 15) is 14.7 Å². The van der Waals surface area contributed by atoms with Crippen LogP contribution in [0.5, 0.6) is 0 Å². The fraction of sp³-hybridized carbons (Fsp3) is 0.286. The van der Waals surface area contributed by atoms with Gasteiger partial charge in [0.1, 0.15) is 6.04 Å². The number of halogens is 1. The van der Waals surface area contributed by atoms with Crippen molar-refractivity contribution in [2.45, 2.75) is 46.2 Å². The highest BCUT2D eigenvalue weighted by Gasteiger charge is 2.24. The quantitative estimate of drug-likeness (QED) is 0.376. The van der Waals surface area contributed by atoms with E-state index in [1.807, 2.05) is 50.2 Å². The number of carbonyl (C=O) groups is 2. The number of hydrogen-bond donors (Lipinski definition) is 2. The van der Waals surface area contributed by atoms with Crippen molar-refractivity contribution in [3.8, 4) is 11.1 Å². The van der Waals surface area contributed by atoms with E-state index in [1.165, 1.54) is 24.4 Å².